The Morgan fingerprint density at radius 1 is 1.34 bits per heavy atom. The second-order valence-corrected chi connectivity index (χ2v) is 6.60. The molecule has 2 rings (SSSR count). The van der Waals surface area contributed by atoms with Gasteiger partial charge in [0.15, 0.2) is 0 Å². The molecule has 0 unspecified atom stereocenters. The molecule has 1 aromatic rings. The van der Waals surface area contributed by atoms with E-state index in [-0.39, 0.29) is 12.8 Å². The number of likely N-dealkylation sites (tertiary alicyclic amines) is 1. The van der Waals surface area contributed by atoms with E-state index in [1.807, 2.05) is 0 Å². The van der Waals surface area contributed by atoms with Crippen LogP contribution < -0.4 is 21.7 Å². The summed E-state index contributed by atoms with van der Waals surface area (Å²) in [6.45, 7) is 0.341. The maximum atomic E-state index is 13.1. The van der Waals surface area contributed by atoms with Crippen molar-refractivity contribution in [3.8, 4) is 0 Å². The summed E-state index contributed by atoms with van der Waals surface area (Å²) in [5, 5.41) is 7.22. The summed E-state index contributed by atoms with van der Waals surface area (Å²) in [5.74, 6) is -1.79. The van der Waals surface area contributed by atoms with Crippen molar-refractivity contribution < 1.29 is 24.0 Å². The topological polar surface area (TPSA) is 179 Å². The van der Waals surface area contributed by atoms with Crippen LogP contribution >= 0.6 is 0 Å². The molecule has 6 N–H and O–H groups in total. The lowest BCUT2D eigenvalue weighted by Gasteiger charge is -2.28. The van der Waals surface area contributed by atoms with Gasteiger partial charge in [-0.15, -0.1) is 0 Å². The summed E-state index contributed by atoms with van der Waals surface area (Å²) >= 11 is 0. The quantitative estimate of drug-likeness (QED) is 0.290. The molecular weight excluding hydrogens is 382 g/mol. The second-order valence-electron chi connectivity index (χ2n) is 6.60. The number of nitrogens with zero attached hydrogens (tertiary/aromatic N) is 2. The molecule has 2 heterocycles. The predicted molar refractivity (Wildman–Crippen MR) is 100 cm³/mol. The molecule has 0 aliphatic carbocycles. The van der Waals surface area contributed by atoms with Crippen LogP contribution in [0.4, 0.5) is 4.79 Å². The number of aromatic amines is 1. The first kappa shape index (κ1) is 21.9. The monoisotopic (exact) mass is 407 g/mol. The first-order valence-electron chi connectivity index (χ1n) is 9.17. The Morgan fingerprint density at radius 3 is 2.69 bits per heavy atom. The highest BCUT2D eigenvalue weighted by atomic mass is 16.2. The van der Waals surface area contributed by atoms with Crippen molar-refractivity contribution >= 4 is 30.0 Å². The van der Waals surface area contributed by atoms with Gasteiger partial charge in [-0.05, 0) is 12.8 Å². The molecule has 0 saturated carbocycles. The fourth-order valence-electron chi connectivity index (χ4n) is 3.17. The van der Waals surface area contributed by atoms with Gasteiger partial charge >= 0.3 is 6.03 Å². The van der Waals surface area contributed by atoms with Crippen molar-refractivity contribution in [2.45, 2.75) is 43.8 Å². The van der Waals surface area contributed by atoms with Crippen LogP contribution in [0.15, 0.2) is 12.5 Å². The number of aromatic nitrogens is 2. The lowest BCUT2D eigenvalue weighted by molar-refractivity contribution is -0.140. The molecular formula is C17H25N7O5. The molecule has 1 fully saturated rings. The Labute approximate surface area is 167 Å². The summed E-state index contributed by atoms with van der Waals surface area (Å²) < 4.78 is 0. The molecule has 29 heavy (non-hydrogen) atoms. The van der Waals surface area contributed by atoms with Crippen LogP contribution in [-0.2, 0) is 25.6 Å². The second kappa shape index (κ2) is 10.2. The summed E-state index contributed by atoms with van der Waals surface area (Å²) in [7, 11) is 1.37. The Bertz CT molecular complexity index is 751. The summed E-state index contributed by atoms with van der Waals surface area (Å²) in [4.78, 5) is 68.0. The minimum Gasteiger partial charge on any atom is -0.368 e. The number of nitrogens with two attached hydrogens (primary N) is 1. The maximum Gasteiger partial charge on any atom is 0.315 e. The first-order chi connectivity index (χ1) is 13.9. The third-order valence-corrected chi connectivity index (χ3v) is 4.63. The van der Waals surface area contributed by atoms with Crippen molar-refractivity contribution in [1.82, 2.24) is 30.8 Å². The number of H-pyrrole nitrogens is 1. The van der Waals surface area contributed by atoms with Gasteiger partial charge in [0, 0.05) is 32.6 Å². The molecule has 1 aromatic heterocycles. The van der Waals surface area contributed by atoms with Crippen LogP contribution in [0.25, 0.3) is 0 Å². The largest absolute Gasteiger partial charge is 0.368 e. The Balaban J connectivity index is 2.19. The smallest absolute Gasteiger partial charge is 0.315 e. The number of imidazole rings is 1. The maximum absolute atomic E-state index is 13.1. The molecule has 0 radical (unpaired) electrons. The van der Waals surface area contributed by atoms with Crippen molar-refractivity contribution in [2.24, 2.45) is 5.73 Å². The highest BCUT2D eigenvalue weighted by Crippen LogP contribution is 2.19. The lowest BCUT2D eigenvalue weighted by Crippen LogP contribution is -2.57. The van der Waals surface area contributed by atoms with Crippen LogP contribution in [0, 0.1) is 0 Å². The Kier molecular flexibility index (Phi) is 7.69. The summed E-state index contributed by atoms with van der Waals surface area (Å²) in [6.07, 6.45) is 4.37. The van der Waals surface area contributed by atoms with E-state index < -0.39 is 41.9 Å². The van der Waals surface area contributed by atoms with E-state index in [4.69, 9.17) is 5.73 Å². The van der Waals surface area contributed by atoms with Gasteiger partial charge in [0.1, 0.15) is 24.4 Å². The molecule has 0 aromatic carbocycles. The van der Waals surface area contributed by atoms with E-state index in [2.05, 4.69) is 25.9 Å². The number of amides is 5. The highest BCUT2D eigenvalue weighted by molar-refractivity contribution is 5.95. The molecule has 1 aliphatic rings. The molecule has 1 aliphatic heterocycles. The third kappa shape index (κ3) is 5.77. The molecule has 12 nitrogen and oxygen atoms in total. The molecule has 1 saturated heterocycles. The number of aldehydes is 1. The van der Waals surface area contributed by atoms with E-state index in [1.165, 1.54) is 18.3 Å². The minimum atomic E-state index is -1.16. The average molecular weight is 407 g/mol. The zero-order chi connectivity index (χ0) is 21.4. The van der Waals surface area contributed by atoms with Gasteiger partial charge in [0.2, 0.25) is 17.7 Å². The number of carbonyl (C=O) groups excluding carboxylic acids is 5. The van der Waals surface area contributed by atoms with Gasteiger partial charge in [-0.2, -0.15) is 0 Å². The van der Waals surface area contributed by atoms with E-state index in [9.17, 15) is 24.0 Å². The van der Waals surface area contributed by atoms with Crippen molar-refractivity contribution in [3.63, 3.8) is 0 Å². The van der Waals surface area contributed by atoms with E-state index in [0.29, 0.717) is 31.4 Å². The van der Waals surface area contributed by atoms with Crippen LogP contribution in [0.2, 0.25) is 0 Å². The molecule has 5 amide bonds. The number of hydrogen-bond acceptors (Lipinski definition) is 6. The number of rotatable bonds is 9. The summed E-state index contributed by atoms with van der Waals surface area (Å²) in [6, 6.07) is -3.59. The van der Waals surface area contributed by atoms with Crippen molar-refractivity contribution in [2.75, 3.05) is 13.6 Å². The zero-order valence-electron chi connectivity index (χ0n) is 16.0. The third-order valence-electron chi connectivity index (χ3n) is 4.63. The van der Waals surface area contributed by atoms with Gasteiger partial charge in [-0.25, -0.2) is 9.78 Å². The van der Waals surface area contributed by atoms with Crippen molar-refractivity contribution in [3.05, 3.63) is 18.2 Å². The van der Waals surface area contributed by atoms with Gasteiger partial charge in [0.25, 0.3) is 0 Å². The fraction of sp³-hybridized carbons (Fsp3) is 0.529. The van der Waals surface area contributed by atoms with Gasteiger partial charge in [0.05, 0.1) is 12.0 Å². The SMILES string of the molecule is CNC(=O)N[C@@H](CC=O)C(=O)N[C@@H](Cc1c[nH]cn1)C(=O)N1CCC[C@H]1C(N)=O. The van der Waals surface area contributed by atoms with E-state index in [0.717, 1.165) is 0 Å². The van der Waals surface area contributed by atoms with Gasteiger partial charge in [-0.3, -0.25) is 14.4 Å². The highest BCUT2D eigenvalue weighted by Gasteiger charge is 2.37. The molecule has 0 spiro atoms. The standard InChI is InChI=1S/C17H25N7O5/c1-19-17(29)23-11(4-6-25)15(27)22-12(7-10-8-20-9-21-10)16(28)24-5-2-3-13(24)14(18)26/h6,8-9,11-13H,2-5,7H2,1H3,(H2,18,26)(H,20,21)(H,22,27)(H2,19,23,29)/t11-,12-,13-/m0/s1. The van der Waals surface area contributed by atoms with Crippen LogP contribution in [0.3, 0.4) is 0 Å². The predicted octanol–water partition coefficient (Wildman–Crippen LogP) is -2.20. The number of hydrogen-bond donors (Lipinski definition) is 5. The number of primary amides is 1. The molecule has 12 heteroatoms. The van der Waals surface area contributed by atoms with Crippen LogP contribution in [0.5, 0.6) is 0 Å². The average Bonchev–Trinajstić information content (AvgIpc) is 3.38. The normalized spacial score (nSPS) is 17.8. The van der Waals surface area contributed by atoms with Gasteiger partial charge < -0.3 is 36.4 Å². The number of urea groups is 1. The van der Waals surface area contributed by atoms with E-state index >= 15 is 0 Å². The zero-order valence-corrected chi connectivity index (χ0v) is 16.0. The Morgan fingerprint density at radius 2 is 2.10 bits per heavy atom. The van der Waals surface area contributed by atoms with Crippen LogP contribution in [-0.4, -0.2) is 76.6 Å². The van der Waals surface area contributed by atoms with Crippen LogP contribution in [0.1, 0.15) is 25.0 Å². The molecule has 0 bridgehead atoms. The molecule has 158 valence electrons. The number of carbonyl (C=O) groups is 5. The summed E-state index contributed by atoms with van der Waals surface area (Å²) in [5.41, 5.74) is 5.91. The van der Waals surface area contributed by atoms with Crippen molar-refractivity contribution in [1.29, 1.82) is 0 Å². The fourth-order valence-corrected chi connectivity index (χ4v) is 3.17. The molecule has 3 atom stereocenters. The Hall–Kier alpha value is -3.44. The minimum absolute atomic E-state index is 0.0594. The van der Waals surface area contributed by atoms with E-state index in [1.54, 1.807) is 6.20 Å². The number of nitrogens with one attached hydrogen (secondary N) is 4. The first-order valence-corrected chi connectivity index (χ1v) is 9.17. The van der Waals surface area contributed by atoms with Gasteiger partial charge in [-0.1, -0.05) is 0 Å². The lowest BCUT2D eigenvalue weighted by atomic mass is 10.1.